The summed E-state index contributed by atoms with van der Waals surface area (Å²) >= 11 is 0. The van der Waals surface area contributed by atoms with Gasteiger partial charge in [0.15, 0.2) is 0 Å². The highest BCUT2D eigenvalue weighted by Crippen LogP contribution is 1.89. The van der Waals surface area contributed by atoms with Gasteiger partial charge in [-0.15, -0.1) is 0 Å². The molecule has 0 rings (SSSR count). The first-order chi connectivity index (χ1) is 6.81. The van der Waals surface area contributed by atoms with E-state index in [1.54, 1.807) is 14.2 Å². The molecule has 0 aromatic carbocycles. The molecule has 0 heterocycles. The van der Waals surface area contributed by atoms with Crippen molar-refractivity contribution in [2.45, 2.75) is 19.4 Å². The van der Waals surface area contributed by atoms with E-state index >= 15 is 0 Å². The molecule has 86 valence electrons. The van der Waals surface area contributed by atoms with E-state index in [2.05, 4.69) is 12.2 Å². The van der Waals surface area contributed by atoms with Gasteiger partial charge in [0.2, 0.25) is 0 Å². The van der Waals surface area contributed by atoms with Crippen LogP contribution < -0.4 is 5.32 Å². The van der Waals surface area contributed by atoms with Crippen molar-refractivity contribution < 1.29 is 14.2 Å². The summed E-state index contributed by atoms with van der Waals surface area (Å²) in [5.41, 5.74) is 0. The number of ether oxygens (including phenoxy) is 3. The van der Waals surface area contributed by atoms with Crippen LogP contribution in [0.25, 0.3) is 0 Å². The molecule has 4 heteroatoms. The van der Waals surface area contributed by atoms with Crippen molar-refractivity contribution in [2.75, 3.05) is 47.2 Å². The SMILES string of the molecule is COCCOCCNC(C)CCOC. The zero-order valence-electron chi connectivity index (χ0n) is 9.54. The number of hydrogen-bond donors (Lipinski definition) is 1. The Bertz CT molecular complexity index is 112. The van der Waals surface area contributed by atoms with Gasteiger partial charge in [0.25, 0.3) is 0 Å². The van der Waals surface area contributed by atoms with Crippen molar-refractivity contribution in [1.29, 1.82) is 0 Å². The second kappa shape index (κ2) is 10.9. The van der Waals surface area contributed by atoms with Crippen molar-refractivity contribution in [3.63, 3.8) is 0 Å². The van der Waals surface area contributed by atoms with E-state index in [4.69, 9.17) is 14.2 Å². The predicted octanol–water partition coefficient (Wildman–Crippen LogP) is 0.664. The number of hydrogen-bond acceptors (Lipinski definition) is 4. The Hall–Kier alpha value is -0.160. The quantitative estimate of drug-likeness (QED) is 0.532. The molecule has 0 saturated carbocycles. The third-order valence-corrected chi connectivity index (χ3v) is 1.93. The van der Waals surface area contributed by atoms with E-state index in [1.165, 1.54) is 0 Å². The lowest BCUT2D eigenvalue weighted by atomic mass is 10.2. The van der Waals surface area contributed by atoms with Crippen LogP contribution in [0.1, 0.15) is 13.3 Å². The van der Waals surface area contributed by atoms with E-state index in [0.717, 1.165) is 26.2 Å². The summed E-state index contributed by atoms with van der Waals surface area (Å²) in [4.78, 5) is 0. The van der Waals surface area contributed by atoms with E-state index in [9.17, 15) is 0 Å². The van der Waals surface area contributed by atoms with Crippen LogP contribution in [0.2, 0.25) is 0 Å². The first-order valence-corrected chi connectivity index (χ1v) is 5.10. The summed E-state index contributed by atoms with van der Waals surface area (Å²) in [5.74, 6) is 0. The fraction of sp³-hybridized carbons (Fsp3) is 1.00. The Balaban J connectivity index is 3.02. The van der Waals surface area contributed by atoms with Crippen LogP contribution in [0, 0.1) is 0 Å². The van der Waals surface area contributed by atoms with Crippen LogP contribution in [0.5, 0.6) is 0 Å². The van der Waals surface area contributed by atoms with Gasteiger partial charge in [0.05, 0.1) is 19.8 Å². The average molecular weight is 205 g/mol. The summed E-state index contributed by atoms with van der Waals surface area (Å²) in [6.45, 7) is 5.91. The molecule has 0 radical (unpaired) electrons. The largest absolute Gasteiger partial charge is 0.385 e. The smallest absolute Gasteiger partial charge is 0.0700 e. The van der Waals surface area contributed by atoms with Crippen LogP contribution in [0.3, 0.4) is 0 Å². The molecule has 0 fully saturated rings. The average Bonchev–Trinajstić information content (AvgIpc) is 2.20. The predicted molar refractivity (Wildman–Crippen MR) is 56.7 cm³/mol. The fourth-order valence-electron chi connectivity index (χ4n) is 1.02. The van der Waals surface area contributed by atoms with Gasteiger partial charge in [-0.3, -0.25) is 0 Å². The number of methoxy groups -OCH3 is 2. The van der Waals surface area contributed by atoms with Gasteiger partial charge in [-0.25, -0.2) is 0 Å². The van der Waals surface area contributed by atoms with Gasteiger partial charge >= 0.3 is 0 Å². The zero-order chi connectivity index (χ0) is 10.6. The van der Waals surface area contributed by atoms with Gasteiger partial charge in [-0.2, -0.15) is 0 Å². The minimum Gasteiger partial charge on any atom is -0.385 e. The molecule has 0 bridgehead atoms. The molecule has 1 atom stereocenters. The third kappa shape index (κ3) is 9.92. The lowest BCUT2D eigenvalue weighted by Gasteiger charge is -2.12. The second-order valence-corrected chi connectivity index (χ2v) is 3.24. The first kappa shape index (κ1) is 13.8. The highest BCUT2D eigenvalue weighted by molar-refractivity contribution is 4.59. The number of nitrogens with one attached hydrogen (secondary N) is 1. The molecule has 0 aromatic rings. The molecule has 0 saturated heterocycles. The highest BCUT2D eigenvalue weighted by atomic mass is 16.5. The maximum atomic E-state index is 5.31. The van der Waals surface area contributed by atoms with Crippen molar-refractivity contribution in [3.8, 4) is 0 Å². The Labute approximate surface area is 86.9 Å². The maximum Gasteiger partial charge on any atom is 0.0700 e. The summed E-state index contributed by atoms with van der Waals surface area (Å²) in [6, 6.07) is 0.487. The van der Waals surface area contributed by atoms with Crippen molar-refractivity contribution in [3.05, 3.63) is 0 Å². The first-order valence-electron chi connectivity index (χ1n) is 5.10. The van der Waals surface area contributed by atoms with Crippen LogP contribution in [-0.4, -0.2) is 53.2 Å². The Morgan fingerprint density at radius 1 is 1.00 bits per heavy atom. The molecule has 0 amide bonds. The normalized spacial score (nSPS) is 13.1. The zero-order valence-corrected chi connectivity index (χ0v) is 9.54. The van der Waals surface area contributed by atoms with E-state index < -0.39 is 0 Å². The molecule has 1 unspecified atom stereocenters. The molecular formula is C10H23NO3. The third-order valence-electron chi connectivity index (χ3n) is 1.93. The topological polar surface area (TPSA) is 39.7 Å². The van der Waals surface area contributed by atoms with Gasteiger partial charge in [0, 0.05) is 33.4 Å². The highest BCUT2D eigenvalue weighted by Gasteiger charge is 1.99. The monoisotopic (exact) mass is 205 g/mol. The summed E-state index contributed by atoms with van der Waals surface area (Å²) in [7, 11) is 3.40. The Morgan fingerprint density at radius 2 is 1.71 bits per heavy atom. The summed E-state index contributed by atoms with van der Waals surface area (Å²) in [5, 5.41) is 3.35. The van der Waals surface area contributed by atoms with Gasteiger partial charge in [0.1, 0.15) is 0 Å². The second-order valence-electron chi connectivity index (χ2n) is 3.24. The van der Waals surface area contributed by atoms with E-state index in [1.807, 2.05) is 0 Å². The Morgan fingerprint density at radius 3 is 2.36 bits per heavy atom. The molecule has 1 N–H and O–H groups in total. The minimum atomic E-state index is 0.487. The minimum absolute atomic E-state index is 0.487. The lowest BCUT2D eigenvalue weighted by Crippen LogP contribution is -2.30. The number of rotatable bonds is 10. The molecule has 0 spiro atoms. The standard InChI is InChI=1S/C10H23NO3/c1-10(4-6-12-2)11-5-7-14-9-8-13-3/h10-11H,4-9H2,1-3H3. The van der Waals surface area contributed by atoms with E-state index in [0.29, 0.717) is 19.3 Å². The maximum absolute atomic E-state index is 5.31. The van der Waals surface area contributed by atoms with Crippen molar-refractivity contribution in [2.24, 2.45) is 0 Å². The van der Waals surface area contributed by atoms with Crippen molar-refractivity contribution >= 4 is 0 Å². The fourth-order valence-corrected chi connectivity index (χ4v) is 1.02. The lowest BCUT2D eigenvalue weighted by molar-refractivity contribution is 0.0707. The van der Waals surface area contributed by atoms with E-state index in [-0.39, 0.29) is 0 Å². The molecule has 0 aliphatic rings. The van der Waals surface area contributed by atoms with Crippen LogP contribution >= 0.6 is 0 Å². The van der Waals surface area contributed by atoms with Crippen LogP contribution in [0.15, 0.2) is 0 Å². The molecule has 0 aliphatic carbocycles. The van der Waals surface area contributed by atoms with Crippen molar-refractivity contribution in [1.82, 2.24) is 5.32 Å². The Kier molecular flexibility index (Phi) is 10.8. The molecular weight excluding hydrogens is 182 g/mol. The molecule has 4 nitrogen and oxygen atoms in total. The molecule has 14 heavy (non-hydrogen) atoms. The molecule has 0 aliphatic heterocycles. The van der Waals surface area contributed by atoms with Crippen LogP contribution in [0.4, 0.5) is 0 Å². The summed E-state index contributed by atoms with van der Waals surface area (Å²) < 4.78 is 15.2. The van der Waals surface area contributed by atoms with Gasteiger partial charge in [-0.05, 0) is 13.3 Å². The summed E-state index contributed by atoms with van der Waals surface area (Å²) in [6.07, 6.45) is 1.04. The van der Waals surface area contributed by atoms with Gasteiger partial charge in [-0.1, -0.05) is 0 Å². The van der Waals surface area contributed by atoms with Gasteiger partial charge < -0.3 is 19.5 Å². The van der Waals surface area contributed by atoms with Crippen LogP contribution in [-0.2, 0) is 14.2 Å². The molecule has 0 aromatic heterocycles.